The Hall–Kier alpha value is -1.82. The predicted molar refractivity (Wildman–Crippen MR) is 74.7 cm³/mol. The van der Waals surface area contributed by atoms with Crippen LogP contribution in [0.5, 0.6) is 0 Å². The molecule has 1 saturated heterocycles. The fraction of sp³-hybridized carbons (Fsp3) is 0.600. The summed E-state index contributed by atoms with van der Waals surface area (Å²) < 4.78 is 2.01. The first kappa shape index (κ1) is 12.9. The molecule has 1 aliphatic carbocycles. The molecule has 4 rings (SSSR count). The summed E-state index contributed by atoms with van der Waals surface area (Å²) in [7, 11) is 1.82. The van der Waals surface area contributed by atoms with Gasteiger partial charge in [0.25, 0.3) is 5.91 Å². The summed E-state index contributed by atoms with van der Waals surface area (Å²) in [5.74, 6) is 0.115. The van der Waals surface area contributed by atoms with Gasteiger partial charge in [-0.15, -0.1) is 0 Å². The summed E-state index contributed by atoms with van der Waals surface area (Å²) in [4.78, 5) is 28.4. The second-order valence-corrected chi connectivity index (χ2v) is 6.42. The lowest BCUT2D eigenvalue weighted by atomic mass is 9.81. The Kier molecular flexibility index (Phi) is 2.66. The van der Waals surface area contributed by atoms with Crippen LogP contribution in [-0.2, 0) is 4.79 Å². The summed E-state index contributed by atoms with van der Waals surface area (Å²) in [5, 5.41) is 9.37. The van der Waals surface area contributed by atoms with E-state index in [4.69, 9.17) is 0 Å². The van der Waals surface area contributed by atoms with Crippen LogP contribution in [0.3, 0.4) is 0 Å². The molecule has 2 atom stereocenters. The van der Waals surface area contributed by atoms with E-state index in [2.05, 4.69) is 0 Å². The van der Waals surface area contributed by atoms with Crippen LogP contribution in [0.25, 0.3) is 0 Å². The van der Waals surface area contributed by atoms with Gasteiger partial charge in [0.2, 0.25) is 5.91 Å². The normalized spacial score (nSPS) is 34.5. The Bertz CT molecular complexity index is 605. The molecule has 1 saturated carbocycles. The van der Waals surface area contributed by atoms with Gasteiger partial charge in [-0.3, -0.25) is 9.59 Å². The number of aliphatic hydroxyl groups is 1. The van der Waals surface area contributed by atoms with E-state index in [0.29, 0.717) is 31.6 Å². The molecule has 21 heavy (non-hydrogen) atoms. The third-order valence-electron chi connectivity index (χ3n) is 5.21. The van der Waals surface area contributed by atoms with Gasteiger partial charge in [-0.05, 0) is 25.0 Å². The van der Waals surface area contributed by atoms with Crippen LogP contribution in [0, 0.1) is 5.92 Å². The van der Waals surface area contributed by atoms with E-state index in [9.17, 15) is 14.7 Å². The van der Waals surface area contributed by atoms with Crippen LogP contribution in [0.15, 0.2) is 18.3 Å². The third-order valence-corrected chi connectivity index (χ3v) is 5.21. The molecule has 2 fully saturated rings. The largest absolute Gasteiger partial charge is 0.393 e. The zero-order valence-electron chi connectivity index (χ0n) is 12.0. The zero-order chi connectivity index (χ0) is 14.7. The van der Waals surface area contributed by atoms with Crippen LogP contribution in [-0.4, -0.2) is 63.6 Å². The highest BCUT2D eigenvalue weighted by Gasteiger charge is 2.47. The van der Waals surface area contributed by atoms with E-state index in [0.717, 1.165) is 0 Å². The Morgan fingerprint density at radius 2 is 2.00 bits per heavy atom. The minimum absolute atomic E-state index is 0.0228. The lowest BCUT2D eigenvalue weighted by Gasteiger charge is -2.35. The second kappa shape index (κ2) is 4.34. The minimum Gasteiger partial charge on any atom is -0.393 e. The average Bonchev–Trinajstić information content (AvgIpc) is 3.06. The van der Waals surface area contributed by atoms with E-state index in [1.807, 2.05) is 34.8 Å². The molecule has 0 aromatic carbocycles. The van der Waals surface area contributed by atoms with Crippen molar-refractivity contribution in [3.05, 3.63) is 24.0 Å². The van der Waals surface area contributed by atoms with E-state index in [1.54, 1.807) is 4.90 Å². The summed E-state index contributed by atoms with van der Waals surface area (Å²) >= 11 is 0. The summed E-state index contributed by atoms with van der Waals surface area (Å²) in [6, 6.07) is 3.91. The van der Waals surface area contributed by atoms with Crippen molar-refractivity contribution in [2.45, 2.75) is 31.0 Å². The van der Waals surface area contributed by atoms with Crippen molar-refractivity contribution in [1.82, 2.24) is 14.4 Å². The summed E-state index contributed by atoms with van der Waals surface area (Å²) in [6.45, 7) is 1.24. The molecule has 3 heterocycles. The summed E-state index contributed by atoms with van der Waals surface area (Å²) in [5.41, 5.74) is 0.701. The number of aliphatic hydroxyl groups excluding tert-OH is 1. The molecule has 2 amide bonds. The van der Waals surface area contributed by atoms with Crippen molar-refractivity contribution in [2.75, 3.05) is 20.1 Å². The fourth-order valence-electron chi connectivity index (χ4n) is 3.85. The monoisotopic (exact) mass is 289 g/mol. The van der Waals surface area contributed by atoms with Crippen LogP contribution < -0.4 is 0 Å². The molecule has 3 aliphatic rings. The predicted octanol–water partition coefficient (Wildman–Crippen LogP) is 0.0965. The number of carbonyl (C=O) groups excluding carboxylic acids is 2. The first-order chi connectivity index (χ1) is 10.1. The number of amides is 2. The summed E-state index contributed by atoms with van der Waals surface area (Å²) in [6.07, 6.45) is 2.77. The maximum absolute atomic E-state index is 12.5. The second-order valence-electron chi connectivity index (χ2n) is 6.42. The van der Waals surface area contributed by atoms with Crippen LogP contribution >= 0.6 is 0 Å². The smallest absolute Gasteiger partial charge is 0.270 e. The highest BCUT2D eigenvalue weighted by atomic mass is 16.3. The first-order valence-corrected chi connectivity index (χ1v) is 7.47. The topological polar surface area (TPSA) is 65.8 Å². The quantitative estimate of drug-likeness (QED) is 0.797. The Morgan fingerprint density at radius 3 is 2.71 bits per heavy atom. The minimum atomic E-state index is -0.316. The molecule has 1 aromatic rings. The van der Waals surface area contributed by atoms with Gasteiger partial charge < -0.3 is 19.5 Å². The molecule has 1 aromatic heterocycles. The fourth-order valence-corrected chi connectivity index (χ4v) is 3.85. The standard InChI is InChI=1S/C15H19N3O3/c1-16-12-7-17(14(20)9-5-10(19)6-9)8-13(12)18-4-2-3-11(18)15(16)21/h2-4,9-10,12-13,19H,5-8H2,1H3. The number of nitrogens with zero attached hydrogens (tertiary/aromatic N) is 3. The van der Waals surface area contributed by atoms with Crippen molar-refractivity contribution in [2.24, 2.45) is 5.92 Å². The molecule has 0 spiro atoms. The average molecular weight is 289 g/mol. The van der Waals surface area contributed by atoms with Crippen molar-refractivity contribution in [3.63, 3.8) is 0 Å². The van der Waals surface area contributed by atoms with Crippen LogP contribution in [0.1, 0.15) is 29.4 Å². The van der Waals surface area contributed by atoms with E-state index in [-0.39, 0.29) is 35.9 Å². The lowest BCUT2D eigenvalue weighted by molar-refractivity contribution is -0.141. The molecular weight excluding hydrogens is 270 g/mol. The van der Waals surface area contributed by atoms with Gasteiger partial charge in [-0.25, -0.2) is 0 Å². The maximum atomic E-state index is 12.5. The van der Waals surface area contributed by atoms with Crippen molar-refractivity contribution >= 4 is 11.8 Å². The van der Waals surface area contributed by atoms with Gasteiger partial charge in [0.1, 0.15) is 5.69 Å². The molecule has 6 nitrogen and oxygen atoms in total. The van der Waals surface area contributed by atoms with Gasteiger partial charge in [-0.2, -0.15) is 0 Å². The number of aromatic nitrogens is 1. The molecule has 2 aliphatic heterocycles. The molecular formula is C15H19N3O3. The molecule has 1 N–H and O–H groups in total. The highest BCUT2D eigenvalue weighted by molar-refractivity contribution is 5.94. The molecule has 6 heteroatoms. The Morgan fingerprint density at radius 1 is 1.29 bits per heavy atom. The zero-order valence-corrected chi connectivity index (χ0v) is 12.0. The Labute approximate surface area is 122 Å². The van der Waals surface area contributed by atoms with Crippen molar-refractivity contribution in [3.8, 4) is 0 Å². The van der Waals surface area contributed by atoms with Gasteiger partial charge in [0.15, 0.2) is 0 Å². The van der Waals surface area contributed by atoms with Crippen molar-refractivity contribution < 1.29 is 14.7 Å². The number of hydrogen-bond donors (Lipinski definition) is 1. The van der Waals surface area contributed by atoms with Gasteiger partial charge in [0, 0.05) is 32.3 Å². The molecule has 0 radical (unpaired) electrons. The maximum Gasteiger partial charge on any atom is 0.270 e. The van der Waals surface area contributed by atoms with Crippen LogP contribution in [0.4, 0.5) is 0 Å². The number of likely N-dealkylation sites (tertiary alicyclic amines) is 1. The van der Waals surface area contributed by atoms with Gasteiger partial charge in [-0.1, -0.05) is 0 Å². The molecule has 112 valence electrons. The number of rotatable bonds is 1. The SMILES string of the molecule is CN1C(=O)c2cccn2C2CN(C(=O)C3CC(O)C3)CC21. The van der Waals surface area contributed by atoms with E-state index < -0.39 is 0 Å². The van der Waals surface area contributed by atoms with Crippen molar-refractivity contribution in [1.29, 1.82) is 0 Å². The van der Waals surface area contributed by atoms with Gasteiger partial charge >= 0.3 is 0 Å². The third kappa shape index (κ3) is 1.75. The number of hydrogen-bond acceptors (Lipinski definition) is 3. The molecule has 0 bridgehead atoms. The first-order valence-electron chi connectivity index (χ1n) is 7.47. The Balaban J connectivity index is 1.58. The number of fused-ring (bicyclic) bond motifs is 3. The number of carbonyl (C=O) groups is 2. The van der Waals surface area contributed by atoms with E-state index >= 15 is 0 Å². The van der Waals surface area contributed by atoms with E-state index in [1.165, 1.54) is 0 Å². The van der Waals surface area contributed by atoms with Crippen LogP contribution in [0.2, 0.25) is 0 Å². The number of likely N-dealkylation sites (N-methyl/N-ethyl adjacent to an activating group) is 1. The highest BCUT2D eigenvalue weighted by Crippen LogP contribution is 2.36. The lowest BCUT2D eigenvalue weighted by Crippen LogP contribution is -2.48. The molecule has 2 unspecified atom stereocenters. The van der Waals surface area contributed by atoms with Gasteiger partial charge in [0.05, 0.1) is 18.2 Å².